The van der Waals surface area contributed by atoms with Gasteiger partial charge in [0.15, 0.2) is 0 Å². The largest absolute Gasteiger partial charge is 0.508 e. The summed E-state index contributed by atoms with van der Waals surface area (Å²) >= 11 is 0. The number of rotatable bonds is 8. The van der Waals surface area contributed by atoms with Gasteiger partial charge in [0.2, 0.25) is 0 Å². The normalized spacial score (nSPS) is 11.8. The Bertz CT molecular complexity index is 1500. The van der Waals surface area contributed by atoms with Gasteiger partial charge in [-0.15, -0.1) is 0 Å². The third-order valence-corrected chi connectivity index (χ3v) is 6.31. The molecule has 0 radical (unpaired) electrons. The number of aromatic nitrogens is 2. The molecule has 0 atom stereocenters. The maximum Gasteiger partial charge on any atom is 0.115 e. The van der Waals surface area contributed by atoms with Crippen molar-refractivity contribution in [2.45, 2.75) is 0 Å². The number of phenolic OH excluding ortho intramolecular Hbond substituents is 4. The Hall–Kier alpha value is -5.88. The van der Waals surface area contributed by atoms with Crippen molar-refractivity contribution in [3.63, 3.8) is 0 Å². The van der Waals surface area contributed by atoms with Crippen LogP contribution in [0.1, 0.15) is 45.0 Å². The molecule has 5 rings (SSSR count). The summed E-state index contributed by atoms with van der Waals surface area (Å²) < 4.78 is 0. The molecule has 6 heteroatoms. The van der Waals surface area contributed by atoms with Crippen LogP contribution >= 0.6 is 0 Å². The maximum atomic E-state index is 9.65. The maximum absolute atomic E-state index is 9.65. The topological polar surface area (TPSA) is 107 Å². The Balaban J connectivity index is 1.60. The van der Waals surface area contributed by atoms with Gasteiger partial charge in [0.05, 0.1) is 22.8 Å². The second kappa shape index (κ2) is 13.0. The average molecular weight is 553 g/mol. The van der Waals surface area contributed by atoms with Gasteiger partial charge in [0.1, 0.15) is 23.0 Å². The Morgan fingerprint density at radius 1 is 0.286 bits per heavy atom. The lowest BCUT2D eigenvalue weighted by molar-refractivity contribution is 0.474. The van der Waals surface area contributed by atoms with Crippen LogP contribution in [0.2, 0.25) is 0 Å². The molecule has 4 aromatic carbocycles. The monoisotopic (exact) mass is 552 g/mol. The van der Waals surface area contributed by atoms with Crippen molar-refractivity contribution in [2.75, 3.05) is 0 Å². The van der Waals surface area contributed by atoms with Crippen LogP contribution < -0.4 is 0 Å². The quantitative estimate of drug-likeness (QED) is 0.155. The molecule has 0 fully saturated rings. The molecule has 0 unspecified atom stereocenters. The molecule has 0 aliphatic rings. The molecule has 6 nitrogen and oxygen atoms in total. The summed E-state index contributed by atoms with van der Waals surface area (Å²) in [4.78, 5) is 9.95. The van der Waals surface area contributed by atoms with E-state index in [0.29, 0.717) is 22.8 Å². The van der Waals surface area contributed by atoms with Gasteiger partial charge in [-0.25, -0.2) is 9.97 Å². The number of hydrogen-bond donors (Lipinski definition) is 4. The van der Waals surface area contributed by atoms with Crippen molar-refractivity contribution >= 4 is 48.6 Å². The van der Waals surface area contributed by atoms with Crippen molar-refractivity contribution < 1.29 is 20.4 Å². The van der Waals surface area contributed by atoms with Gasteiger partial charge >= 0.3 is 0 Å². The van der Waals surface area contributed by atoms with Crippen LogP contribution in [-0.2, 0) is 0 Å². The zero-order valence-corrected chi connectivity index (χ0v) is 22.5. The number of nitrogens with zero attached hydrogens (tertiary/aromatic N) is 2. The average Bonchev–Trinajstić information content (AvgIpc) is 3.00. The van der Waals surface area contributed by atoms with E-state index in [-0.39, 0.29) is 23.0 Å². The Morgan fingerprint density at radius 2 is 0.476 bits per heavy atom. The lowest BCUT2D eigenvalue weighted by Gasteiger charge is -2.08. The van der Waals surface area contributed by atoms with Crippen LogP contribution in [0, 0.1) is 0 Å². The minimum atomic E-state index is 0.191. The smallest absolute Gasteiger partial charge is 0.115 e. The van der Waals surface area contributed by atoms with Crippen LogP contribution in [0.15, 0.2) is 97.1 Å². The second-order valence-corrected chi connectivity index (χ2v) is 9.46. The molecular formula is C36H28N2O4. The molecule has 0 aliphatic heterocycles. The first-order chi connectivity index (χ1) is 20.4. The zero-order chi connectivity index (χ0) is 29.3. The van der Waals surface area contributed by atoms with Crippen molar-refractivity contribution in [3.8, 4) is 23.0 Å². The predicted octanol–water partition coefficient (Wildman–Crippen LogP) is 7.98. The van der Waals surface area contributed by atoms with E-state index in [1.807, 2.05) is 97.1 Å². The highest BCUT2D eigenvalue weighted by Gasteiger charge is 2.08. The molecule has 0 aliphatic carbocycles. The molecule has 42 heavy (non-hydrogen) atoms. The summed E-state index contributed by atoms with van der Waals surface area (Å²) in [6.07, 6.45) is 15.1. The highest BCUT2D eigenvalue weighted by atomic mass is 16.3. The molecule has 0 saturated carbocycles. The third kappa shape index (κ3) is 7.61. The standard InChI is InChI=1S/C36H28N2O4/c39-29-13-1-25(2-14-29)9-21-33-34(22-10-26-3-15-30(40)16-4-26)38-36(24-12-28-7-19-32(42)20-8-28)35(37-33)23-11-27-5-17-31(41)18-6-27/h1-24,39-42H/b21-9+,22-10+,23-11+,24-12+. The Morgan fingerprint density at radius 3 is 0.667 bits per heavy atom. The van der Waals surface area contributed by atoms with E-state index in [1.54, 1.807) is 48.5 Å². The van der Waals surface area contributed by atoms with Gasteiger partial charge in [-0.1, -0.05) is 72.8 Å². The fraction of sp³-hybridized carbons (Fsp3) is 0. The first kappa shape index (κ1) is 27.7. The molecule has 4 N–H and O–H groups in total. The summed E-state index contributed by atoms with van der Waals surface area (Å²) in [5, 5.41) is 38.6. The summed E-state index contributed by atoms with van der Waals surface area (Å²) in [7, 11) is 0. The lowest BCUT2D eigenvalue weighted by Crippen LogP contribution is -1.99. The van der Waals surface area contributed by atoms with Gasteiger partial charge < -0.3 is 20.4 Å². The molecule has 0 amide bonds. The Kier molecular flexibility index (Phi) is 8.56. The summed E-state index contributed by atoms with van der Waals surface area (Å²) in [5.41, 5.74) is 6.08. The highest BCUT2D eigenvalue weighted by molar-refractivity contribution is 5.81. The number of hydrogen-bond acceptors (Lipinski definition) is 6. The van der Waals surface area contributed by atoms with Crippen LogP contribution in [0.4, 0.5) is 0 Å². The first-order valence-corrected chi connectivity index (χ1v) is 13.2. The van der Waals surface area contributed by atoms with Crippen molar-refractivity contribution in [2.24, 2.45) is 0 Å². The minimum absolute atomic E-state index is 0.191. The molecule has 0 saturated heterocycles. The van der Waals surface area contributed by atoms with Gasteiger partial charge in [-0.2, -0.15) is 0 Å². The lowest BCUT2D eigenvalue weighted by atomic mass is 10.1. The minimum Gasteiger partial charge on any atom is -0.508 e. The van der Waals surface area contributed by atoms with E-state index in [0.717, 1.165) is 22.3 Å². The fourth-order valence-electron chi connectivity index (χ4n) is 4.02. The van der Waals surface area contributed by atoms with Gasteiger partial charge in [-0.05, 0) is 95.1 Å². The van der Waals surface area contributed by atoms with Gasteiger partial charge in [0.25, 0.3) is 0 Å². The summed E-state index contributed by atoms with van der Waals surface area (Å²) in [6.45, 7) is 0. The summed E-state index contributed by atoms with van der Waals surface area (Å²) in [5.74, 6) is 0.763. The molecule has 206 valence electrons. The molecule has 0 bridgehead atoms. The fourth-order valence-corrected chi connectivity index (χ4v) is 4.02. The van der Waals surface area contributed by atoms with Crippen LogP contribution in [0.3, 0.4) is 0 Å². The molecule has 0 spiro atoms. The van der Waals surface area contributed by atoms with E-state index in [4.69, 9.17) is 9.97 Å². The zero-order valence-electron chi connectivity index (χ0n) is 22.5. The van der Waals surface area contributed by atoms with Gasteiger partial charge in [-0.3, -0.25) is 0 Å². The van der Waals surface area contributed by atoms with Crippen LogP contribution in [-0.4, -0.2) is 30.4 Å². The van der Waals surface area contributed by atoms with Crippen LogP contribution in [0.5, 0.6) is 23.0 Å². The first-order valence-electron chi connectivity index (χ1n) is 13.2. The molecular weight excluding hydrogens is 524 g/mol. The van der Waals surface area contributed by atoms with Crippen molar-refractivity contribution in [1.82, 2.24) is 9.97 Å². The summed E-state index contributed by atoms with van der Waals surface area (Å²) in [6, 6.07) is 27.5. The highest BCUT2D eigenvalue weighted by Crippen LogP contribution is 2.22. The number of aromatic hydroxyl groups is 4. The number of benzene rings is 4. The SMILES string of the molecule is Oc1ccc(/C=C/c2nc(/C=C/c3ccc(O)cc3)c(/C=C/c3ccc(O)cc3)nc2/C=C/c2ccc(O)cc2)cc1. The van der Waals surface area contributed by atoms with Crippen molar-refractivity contribution in [3.05, 3.63) is 142 Å². The molecule has 5 aromatic rings. The van der Waals surface area contributed by atoms with E-state index < -0.39 is 0 Å². The van der Waals surface area contributed by atoms with Crippen molar-refractivity contribution in [1.29, 1.82) is 0 Å². The van der Waals surface area contributed by atoms with Crippen LogP contribution in [0.25, 0.3) is 48.6 Å². The van der Waals surface area contributed by atoms with E-state index in [9.17, 15) is 20.4 Å². The van der Waals surface area contributed by atoms with E-state index in [2.05, 4.69) is 0 Å². The second-order valence-electron chi connectivity index (χ2n) is 9.46. The Labute approximate surface area is 243 Å². The number of phenols is 4. The van der Waals surface area contributed by atoms with Gasteiger partial charge in [0, 0.05) is 0 Å². The molecule has 1 aromatic heterocycles. The van der Waals surface area contributed by atoms with E-state index in [1.165, 1.54) is 0 Å². The predicted molar refractivity (Wildman–Crippen MR) is 170 cm³/mol. The molecule has 1 heterocycles. The third-order valence-electron chi connectivity index (χ3n) is 6.31. The van der Waals surface area contributed by atoms with E-state index >= 15 is 0 Å².